The van der Waals surface area contributed by atoms with E-state index in [4.69, 9.17) is 0 Å². The lowest BCUT2D eigenvalue weighted by Gasteiger charge is -2.24. The summed E-state index contributed by atoms with van der Waals surface area (Å²) >= 11 is 0. The normalized spacial score (nSPS) is 19.4. The Labute approximate surface area is 102 Å². The van der Waals surface area contributed by atoms with Gasteiger partial charge in [0.25, 0.3) is 0 Å². The minimum atomic E-state index is 0.426. The molecule has 0 saturated heterocycles. The Balaban J connectivity index is 1.61. The number of ketones is 1. The summed E-state index contributed by atoms with van der Waals surface area (Å²) in [6, 6.07) is 4.35. The topological polar surface area (TPSA) is 42.0 Å². The largest absolute Gasteiger partial charge is 0.370 e. The molecule has 2 aliphatic rings. The molecular formula is C14H18N2O. The number of rotatable bonds is 3. The molecule has 0 bridgehead atoms. The number of pyridine rings is 1. The summed E-state index contributed by atoms with van der Waals surface area (Å²) in [5.41, 5.74) is 2.51. The number of aromatic nitrogens is 1. The van der Waals surface area contributed by atoms with Crippen molar-refractivity contribution in [1.29, 1.82) is 0 Å². The quantitative estimate of drug-likeness (QED) is 0.866. The molecule has 17 heavy (non-hydrogen) atoms. The van der Waals surface area contributed by atoms with Gasteiger partial charge in [0.05, 0.1) is 0 Å². The summed E-state index contributed by atoms with van der Waals surface area (Å²) < 4.78 is 0. The summed E-state index contributed by atoms with van der Waals surface area (Å²) in [5, 5.41) is 3.36. The maximum absolute atomic E-state index is 10.9. The number of hydrogen-bond acceptors (Lipinski definition) is 3. The smallest absolute Gasteiger partial charge is 0.133 e. The van der Waals surface area contributed by atoms with Gasteiger partial charge in [0.1, 0.15) is 11.6 Å². The van der Waals surface area contributed by atoms with Crippen LogP contribution in [0.1, 0.15) is 36.9 Å². The average molecular weight is 230 g/mol. The number of fused-ring (bicyclic) bond motifs is 1. The third-order valence-corrected chi connectivity index (χ3v) is 3.79. The molecule has 0 radical (unpaired) electrons. The molecular weight excluding hydrogens is 212 g/mol. The van der Waals surface area contributed by atoms with Crippen LogP contribution in [-0.2, 0) is 17.6 Å². The van der Waals surface area contributed by atoms with Gasteiger partial charge in [-0.25, -0.2) is 4.98 Å². The minimum absolute atomic E-state index is 0.426. The SMILES string of the molecule is O=C1CC(CCc2ccc3c(n2)NCCC3)C1. The Morgan fingerprint density at radius 2 is 2.24 bits per heavy atom. The van der Waals surface area contributed by atoms with E-state index in [9.17, 15) is 4.79 Å². The van der Waals surface area contributed by atoms with Crippen LogP contribution in [0.15, 0.2) is 12.1 Å². The van der Waals surface area contributed by atoms with Gasteiger partial charge in [-0.2, -0.15) is 0 Å². The molecule has 0 aromatic carbocycles. The van der Waals surface area contributed by atoms with Gasteiger partial charge in [-0.05, 0) is 43.2 Å². The van der Waals surface area contributed by atoms with E-state index in [0.29, 0.717) is 11.7 Å². The van der Waals surface area contributed by atoms with E-state index in [1.165, 1.54) is 12.0 Å². The van der Waals surface area contributed by atoms with Gasteiger partial charge < -0.3 is 5.32 Å². The van der Waals surface area contributed by atoms with Crippen molar-refractivity contribution < 1.29 is 4.79 Å². The van der Waals surface area contributed by atoms with E-state index < -0.39 is 0 Å². The highest BCUT2D eigenvalue weighted by molar-refractivity contribution is 5.84. The van der Waals surface area contributed by atoms with Gasteiger partial charge in [0.15, 0.2) is 0 Å². The fourth-order valence-corrected chi connectivity index (χ4v) is 2.65. The number of nitrogens with one attached hydrogen (secondary N) is 1. The van der Waals surface area contributed by atoms with Crippen LogP contribution in [0.5, 0.6) is 0 Å². The molecule has 3 nitrogen and oxygen atoms in total. The molecule has 0 spiro atoms. The molecule has 1 aromatic rings. The molecule has 1 aromatic heterocycles. The zero-order chi connectivity index (χ0) is 11.7. The molecule has 1 fully saturated rings. The first-order valence-corrected chi connectivity index (χ1v) is 6.55. The van der Waals surface area contributed by atoms with E-state index in [1.807, 2.05) is 0 Å². The number of anilines is 1. The fourth-order valence-electron chi connectivity index (χ4n) is 2.65. The van der Waals surface area contributed by atoms with Crippen LogP contribution in [-0.4, -0.2) is 17.3 Å². The number of Topliss-reactive ketones (excluding diaryl/α,β-unsaturated/α-hetero) is 1. The Morgan fingerprint density at radius 1 is 1.35 bits per heavy atom. The third-order valence-electron chi connectivity index (χ3n) is 3.79. The van der Waals surface area contributed by atoms with Crippen LogP contribution in [0.3, 0.4) is 0 Å². The van der Waals surface area contributed by atoms with E-state index >= 15 is 0 Å². The summed E-state index contributed by atoms with van der Waals surface area (Å²) in [4.78, 5) is 15.6. The Hall–Kier alpha value is -1.38. The van der Waals surface area contributed by atoms with Crippen LogP contribution >= 0.6 is 0 Å². The van der Waals surface area contributed by atoms with Gasteiger partial charge >= 0.3 is 0 Å². The van der Waals surface area contributed by atoms with Crippen molar-refractivity contribution in [2.75, 3.05) is 11.9 Å². The molecule has 1 aliphatic carbocycles. The molecule has 90 valence electrons. The number of aryl methyl sites for hydroxylation is 2. The first kappa shape index (κ1) is 10.8. The second kappa shape index (κ2) is 4.47. The van der Waals surface area contributed by atoms with Gasteiger partial charge in [0.2, 0.25) is 0 Å². The summed E-state index contributed by atoms with van der Waals surface area (Å²) in [6.45, 7) is 1.04. The lowest BCUT2D eigenvalue weighted by Crippen LogP contribution is -2.23. The first-order valence-electron chi connectivity index (χ1n) is 6.55. The minimum Gasteiger partial charge on any atom is -0.370 e. The Bertz CT molecular complexity index is 434. The lowest BCUT2D eigenvalue weighted by molar-refractivity contribution is -0.126. The summed E-state index contributed by atoms with van der Waals surface area (Å²) in [5.74, 6) is 2.13. The summed E-state index contributed by atoms with van der Waals surface area (Å²) in [6.07, 6.45) is 6.06. The fraction of sp³-hybridized carbons (Fsp3) is 0.571. The zero-order valence-corrected chi connectivity index (χ0v) is 10.0. The highest BCUT2D eigenvalue weighted by Crippen LogP contribution is 2.28. The maximum Gasteiger partial charge on any atom is 0.133 e. The number of nitrogens with zero attached hydrogens (tertiary/aromatic N) is 1. The van der Waals surface area contributed by atoms with Crippen molar-refractivity contribution >= 4 is 11.6 Å². The highest BCUT2D eigenvalue weighted by Gasteiger charge is 2.25. The molecule has 1 N–H and O–H groups in total. The van der Waals surface area contributed by atoms with E-state index in [0.717, 1.165) is 50.2 Å². The van der Waals surface area contributed by atoms with Crippen LogP contribution in [0.25, 0.3) is 0 Å². The van der Waals surface area contributed by atoms with Gasteiger partial charge in [0, 0.05) is 25.1 Å². The number of hydrogen-bond donors (Lipinski definition) is 1. The molecule has 3 heteroatoms. The summed E-state index contributed by atoms with van der Waals surface area (Å²) in [7, 11) is 0. The molecule has 0 atom stereocenters. The van der Waals surface area contributed by atoms with Crippen LogP contribution in [0.2, 0.25) is 0 Å². The van der Waals surface area contributed by atoms with Crippen molar-refractivity contribution in [3.63, 3.8) is 0 Å². The molecule has 0 unspecified atom stereocenters. The molecule has 3 rings (SSSR count). The zero-order valence-electron chi connectivity index (χ0n) is 10.0. The maximum atomic E-state index is 10.9. The Morgan fingerprint density at radius 3 is 3.06 bits per heavy atom. The predicted molar refractivity (Wildman–Crippen MR) is 67.1 cm³/mol. The highest BCUT2D eigenvalue weighted by atomic mass is 16.1. The lowest BCUT2D eigenvalue weighted by atomic mass is 9.80. The van der Waals surface area contributed by atoms with Gasteiger partial charge in [-0.3, -0.25) is 4.79 Å². The molecule has 0 amide bonds. The molecule has 1 saturated carbocycles. The van der Waals surface area contributed by atoms with E-state index in [1.54, 1.807) is 0 Å². The third kappa shape index (κ3) is 2.33. The van der Waals surface area contributed by atoms with Crippen molar-refractivity contribution in [1.82, 2.24) is 4.98 Å². The Kier molecular flexibility index (Phi) is 2.83. The van der Waals surface area contributed by atoms with Crippen molar-refractivity contribution in [2.45, 2.75) is 38.5 Å². The molecule has 1 aliphatic heterocycles. The monoisotopic (exact) mass is 230 g/mol. The van der Waals surface area contributed by atoms with Crippen molar-refractivity contribution in [3.05, 3.63) is 23.4 Å². The van der Waals surface area contributed by atoms with Gasteiger partial charge in [-0.1, -0.05) is 6.07 Å². The van der Waals surface area contributed by atoms with E-state index in [-0.39, 0.29) is 0 Å². The van der Waals surface area contributed by atoms with Gasteiger partial charge in [-0.15, -0.1) is 0 Å². The first-order chi connectivity index (χ1) is 8.31. The standard InChI is InChI=1S/C14H18N2O/c17-13-8-10(9-13)3-5-12-6-4-11-2-1-7-15-14(11)16-12/h4,6,10H,1-3,5,7-9H2,(H,15,16). The van der Waals surface area contributed by atoms with Crippen molar-refractivity contribution in [3.8, 4) is 0 Å². The van der Waals surface area contributed by atoms with Crippen LogP contribution in [0, 0.1) is 5.92 Å². The second-order valence-electron chi connectivity index (χ2n) is 5.19. The van der Waals surface area contributed by atoms with E-state index in [2.05, 4.69) is 22.4 Å². The predicted octanol–water partition coefficient (Wildman–Crippen LogP) is 2.35. The van der Waals surface area contributed by atoms with Crippen molar-refractivity contribution in [2.24, 2.45) is 5.92 Å². The second-order valence-corrected chi connectivity index (χ2v) is 5.19. The average Bonchev–Trinajstić information content (AvgIpc) is 2.33. The number of carbonyl (C=O) groups excluding carboxylic acids is 1. The molecule has 2 heterocycles. The van der Waals surface area contributed by atoms with Crippen LogP contribution < -0.4 is 5.32 Å². The van der Waals surface area contributed by atoms with Crippen LogP contribution in [0.4, 0.5) is 5.82 Å². The number of carbonyl (C=O) groups is 1.